The van der Waals surface area contributed by atoms with Crippen molar-refractivity contribution in [1.82, 2.24) is 4.57 Å². The molecule has 1 heterocycles. The second-order valence-electron chi connectivity index (χ2n) is 5.72. The first-order chi connectivity index (χ1) is 10.6. The molecule has 0 radical (unpaired) electrons. The molecule has 2 N–H and O–H groups in total. The van der Waals surface area contributed by atoms with Gasteiger partial charge < -0.3 is 10.2 Å². The van der Waals surface area contributed by atoms with Gasteiger partial charge in [0.2, 0.25) is 5.88 Å². The first kappa shape index (κ1) is 13.0. The van der Waals surface area contributed by atoms with Crippen LogP contribution in [0.5, 0.6) is 5.88 Å². The quantitative estimate of drug-likeness (QED) is 0.760. The summed E-state index contributed by atoms with van der Waals surface area (Å²) in [4.78, 5) is 11.2. The third-order valence-corrected chi connectivity index (χ3v) is 4.48. The van der Waals surface area contributed by atoms with Gasteiger partial charge in [-0.1, -0.05) is 24.3 Å². The molecule has 0 aliphatic heterocycles. The molecule has 0 saturated carbocycles. The van der Waals surface area contributed by atoms with E-state index in [1.807, 2.05) is 48.7 Å². The van der Waals surface area contributed by atoms with Gasteiger partial charge in [0, 0.05) is 22.7 Å². The number of hydrogen-bond donors (Lipinski definition) is 2. The molecule has 1 atom stereocenters. The molecule has 3 aromatic rings. The fourth-order valence-corrected chi connectivity index (χ4v) is 3.35. The van der Waals surface area contributed by atoms with Gasteiger partial charge in [-0.25, -0.2) is 0 Å². The summed E-state index contributed by atoms with van der Waals surface area (Å²) < 4.78 is 1.75. The molecule has 0 spiro atoms. The van der Waals surface area contributed by atoms with E-state index in [0.29, 0.717) is 6.42 Å². The average Bonchev–Trinajstić information content (AvgIpc) is 3.08. The number of aliphatic carboxylic acids is 1. The summed E-state index contributed by atoms with van der Waals surface area (Å²) in [6, 6.07) is 13.4. The third-order valence-electron chi connectivity index (χ3n) is 4.48. The van der Waals surface area contributed by atoms with Gasteiger partial charge >= 0.3 is 5.97 Å². The van der Waals surface area contributed by atoms with Gasteiger partial charge in [0.05, 0.1) is 5.92 Å². The van der Waals surface area contributed by atoms with Gasteiger partial charge in [-0.2, -0.15) is 0 Å². The number of fused-ring (bicyclic) bond motifs is 2. The van der Waals surface area contributed by atoms with Crippen molar-refractivity contribution in [3.05, 3.63) is 59.8 Å². The zero-order valence-electron chi connectivity index (χ0n) is 11.9. The molecule has 0 fully saturated rings. The maximum absolute atomic E-state index is 11.2. The van der Waals surface area contributed by atoms with Crippen LogP contribution in [0.2, 0.25) is 0 Å². The Hall–Kier alpha value is -2.75. The van der Waals surface area contributed by atoms with Gasteiger partial charge in [0.25, 0.3) is 0 Å². The smallest absolute Gasteiger partial charge is 0.310 e. The molecule has 4 rings (SSSR count). The number of carbonyl (C=O) groups is 1. The summed E-state index contributed by atoms with van der Waals surface area (Å²) in [5.74, 6) is -0.953. The Kier molecular flexibility index (Phi) is 2.73. The lowest BCUT2D eigenvalue weighted by Gasteiger charge is -2.09. The normalized spacial score (nSPS) is 16.8. The van der Waals surface area contributed by atoms with E-state index in [0.717, 1.165) is 34.0 Å². The monoisotopic (exact) mass is 293 g/mol. The number of rotatable bonds is 2. The van der Waals surface area contributed by atoms with Crippen LogP contribution in [-0.2, 0) is 11.2 Å². The van der Waals surface area contributed by atoms with Gasteiger partial charge in [0.15, 0.2) is 0 Å². The predicted molar refractivity (Wildman–Crippen MR) is 83.6 cm³/mol. The van der Waals surface area contributed by atoms with Crippen LogP contribution in [0.25, 0.3) is 16.5 Å². The highest BCUT2D eigenvalue weighted by Crippen LogP contribution is 2.36. The van der Waals surface area contributed by atoms with Crippen LogP contribution in [0.1, 0.15) is 23.5 Å². The fourth-order valence-electron chi connectivity index (χ4n) is 3.35. The van der Waals surface area contributed by atoms with E-state index >= 15 is 0 Å². The fraction of sp³-hybridized carbons (Fsp3) is 0.167. The summed E-state index contributed by atoms with van der Waals surface area (Å²) >= 11 is 0. The van der Waals surface area contributed by atoms with Crippen LogP contribution in [0.4, 0.5) is 0 Å². The van der Waals surface area contributed by atoms with Crippen molar-refractivity contribution in [1.29, 1.82) is 0 Å². The second-order valence-corrected chi connectivity index (χ2v) is 5.72. The summed E-state index contributed by atoms with van der Waals surface area (Å²) in [6.45, 7) is 0. The number of carboxylic acid groups (broad SMARTS) is 1. The van der Waals surface area contributed by atoms with E-state index in [2.05, 4.69) is 0 Å². The maximum Gasteiger partial charge on any atom is 0.310 e. The maximum atomic E-state index is 11.2. The minimum absolute atomic E-state index is 0.211. The molecule has 1 aliphatic rings. The molecule has 0 bridgehead atoms. The lowest BCUT2D eigenvalue weighted by atomic mass is 10.0. The number of nitrogens with zero attached hydrogens (tertiary/aromatic N) is 1. The standard InChI is InChI=1S/C18H15NO3/c20-17-15-4-2-1-3-12(15)10-19(17)13-6-8-14-11(9-13)5-7-16(14)18(21)22/h1-4,6,8-10,16,20H,5,7H2,(H,21,22). The van der Waals surface area contributed by atoms with E-state index in [-0.39, 0.29) is 5.88 Å². The third kappa shape index (κ3) is 1.80. The van der Waals surface area contributed by atoms with E-state index in [1.54, 1.807) is 4.57 Å². The SMILES string of the molecule is O=C(O)C1CCc2cc(-n3cc4ccccc4c3O)ccc21. The molecule has 4 nitrogen and oxygen atoms in total. The van der Waals surface area contributed by atoms with Crippen LogP contribution in [0, 0.1) is 0 Å². The number of aromatic hydroxyl groups is 1. The van der Waals surface area contributed by atoms with Gasteiger partial charge in [-0.15, -0.1) is 0 Å². The summed E-state index contributed by atoms with van der Waals surface area (Å²) in [6.07, 6.45) is 3.31. The van der Waals surface area contributed by atoms with Crippen molar-refractivity contribution in [3.8, 4) is 11.6 Å². The van der Waals surface area contributed by atoms with Crippen LogP contribution in [0.3, 0.4) is 0 Å². The lowest BCUT2D eigenvalue weighted by molar-refractivity contribution is -0.138. The first-order valence-corrected chi connectivity index (χ1v) is 7.30. The van der Waals surface area contributed by atoms with Gasteiger partial charge in [-0.05, 0) is 42.2 Å². The van der Waals surface area contributed by atoms with Crippen molar-refractivity contribution in [2.75, 3.05) is 0 Å². The molecule has 1 aliphatic carbocycles. The van der Waals surface area contributed by atoms with Crippen LogP contribution < -0.4 is 0 Å². The predicted octanol–water partition coefficient (Wildman–Crippen LogP) is 3.45. The highest BCUT2D eigenvalue weighted by molar-refractivity contribution is 5.88. The Bertz CT molecular complexity index is 894. The summed E-state index contributed by atoms with van der Waals surface area (Å²) in [5.41, 5.74) is 2.81. The van der Waals surface area contributed by atoms with Gasteiger partial charge in [-0.3, -0.25) is 9.36 Å². The average molecular weight is 293 g/mol. The molecule has 2 aromatic carbocycles. The number of aryl methyl sites for hydroxylation is 1. The topological polar surface area (TPSA) is 62.5 Å². The van der Waals surface area contributed by atoms with Crippen molar-refractivity contribution in [2.24, 2.45) is 0 Å². The number of carboxylic acids is 1. The van der Waals surface area contributed by atoms with Crippen molar-refractivity contribution in [2.45, 2.75) is 18.8 Å². The minimum Gasteiger partial charge on any atom is -0.494 e. The second kappa shape index (κ2) is 4.63. The Morgan fingerprint density at radius 1 is 1.18 bits per heavy atom. The molecule has 4 heteroatoms. The number of hydrogen-bond acceptors (Lipinski definition) is 2. The Balaban J connectivity index is 1.83. The van der Waals surface area contributed by atoms with Crippen molar-refractivity contribution >= 4 is 16.7 Å². The Morgan fingerprint density at radius 2 is 2.00 bits per heavy atom. The van der Waals surface area contributed by atoms with Crippen molar-refractivity contribution in [3.63, 3.8) is 0 Å². The van der Waals surface area contributed by atoms with Crippen LogP contribution in [-0.4, -0.2) is 20.7 Å². The van der Waals surface area contributed by atoms with E-state index in [1.165, 1.54) is 0 Å². The summed E-state index contributed by atoms with van der Waals surface area (Å²) in [5, 5.41) is 21.4. The zero-order valence-corrected chi connectivity index (χ0v) is 11.9. The molecule has 1 aromatic heterocycles. The molecular weight excluding hydrogens is 278 g/mol. The van der Waals surface area contributed by atoms with Gasteiger partial charge in [0.1, 0.15) is 0 Å². The molecule has 0 saturated heterocycles. The van der Waals surface area contributed by atoms with Crippen LogP contribution >= 0.6 is 0 Å². The number of aromatic nitrogens is 1. The minimum atomic E-state index is -0.763. The highest BCUT2D eigenvalue weighted by atomic mass is 16.4. The highest BCUT2D eigenvalue weighted by Gasteiger charge is 2.28. The Morgan fingerprint density at radius 3 is 2.77 bits per heavy atom. The largest absolute Gasteiger partial charge is 0.494 e. The molecule has 22 heavy (non-hydrogen) atoms. The van der Waals surface area contributed by atoms with E-state index < -0.39 is 11.9 Å². The molecule has 110 valence electrons. The first-order valence-electron chi connectivity index (χ1n) is 7.30. The summed E-state index contributed by atoms with van der Waals surface area (Å²) in [7, 11) is 0. The molecule has 1 unspecified atom stereocenters. The molecule has 0 amide bonds. The lowest BCUT2D eigenvalue weighted by Crippen LogP contribution is -2.07. The van der Waals surface area contributed by atoms with E-state index in [9.17, 15) is 15.0 Å². The van der Waals surface area contributed by atoms with Crippen molar-refractivity contribution < 1.29 is 15.0 Å². The van der Waals surface area contributed by atoms with E-state index in [4.69, 9.17) is 0 Å². The Labute approximate surface area is 127 Å². The number of benzene rings is 2. The zero-order chi connectivity index (χ0) is 15.3. The van der Waals surface area contributed by atoms with Crippen LogP contribution in [0.15, 0.2) is 48.7 Å². The molecular formula is C18H15NO3.